The van der Waals surface area contributed by atoms with Crippen LogP contribution in [0.15, 0.2) is 130 Å². The lowest BCUT2D eigenvalue weighted by molar-refractivity contribution is 0.641. The summed E-state index contributed by atoms with van der Waals surface area (Å²) in [5, 5.41) is 4.37. The molecule has 0 radical (unpaired) electrons. The molecule has 0 aliphatic rings. The van der Waals surface area contributed by atoms with Crippen molar-refractivity contribution in [3.63, 3.8) is 0 Å². The Morgan fingerprint density at radius 3 is 1.41 bits per heavy atom. The maximum Gasteiger partial charge on any atom is 0.153 e. The molecule has 4 nitrogen and oxygen atoms in total. The van der Waals surface area contributed by atoms with Gasteiger partial charge in [0.25, 0.3) is 0 Å². The molecule has 4 aromatic carbocycles. The zero-order valence-electron chi connectivity index (χ0n) is 22.8. The zero-order valence-corrected chi connectivity index (χ0v) is 22.8. The van der Waals surface area contributed by atoms with Crippen molar-refractivity contribution in [1.82, 2.24) is 9.97 Å². The van der Waals surface area contributed by atoms with Gasteiger partial charge in [0, 0.05) is 38.1 Å². The van der Waals surface area contributed by atoms with Crippen molar-refractivity contribution in [2.24, 2.45) is 0 Å². The van der Waals surface area contributed by atoms with E-state index in [-0.39, 0.29) is 5.41 Å². The van der Waals surface area contributed by atoms with Gasteiger partial charge in [-0.3, -0.25) is 9.97 Å². The SMILES string of the molecule is CC(C)(c1cccc(-c2cc3c(cn2)oc2ccccc23)c1)c1cccc(-c2cc3c(cn2)oc2ccccc23)c1. The average molecular weight is 531 g/mol. The van der Waals surface area contributed by atoms with Gasteiger partial charge in [-0.25, -0.2) is 0 Å². The fraction of sp³-hybridized carbons (Fsp3) is 0.0811. The Morgan fingerprint density at radius 2 is 0.927 bits per heavy atom. The van der Waals surface area contributed by atoms with Crippen molar-refractivity contribution >= 4 is 43.9 Å². The number of furan rings is 2. The molecule has 0 bridgehead atoms. The van der Waals surface area contributed by atoms with Crippen LogP contribution < -0.4 is 0 Å². The summed E-state index contributed by atoms with van der Waals surface area (Å²) in [4.78, 5) is 9.51. The van der Waals surface area contributed by atoms with Gasteiger partial charge in [-0.1, -0.05) is 86.6 Å². The Balaban J connectivity index is 1.18. The standard InChI is InChI=1S/C37H26N2O2/c1-37(2,25-11-7-9-23(17-25)31-19-29-27-13-3-5-15-33(27)40-35(29)21-38-31)26-12-8-10-24(18-26)32-20-30-28-14-4-6-16-34(28)41-36(30)22-39-32/h3-22H,1-2H3. The zero-order chi connectivity index (χ0) is 27.6. The topological polar surface area (TPSA) is 52.1 Å². The van der Waals surface area contributed by atoms with Gasteiger partial charge >= 0.3 is 0 Å². The van der Waals surface area contributed by atoms with E-state index >= 15 is 0 Å². The Kier molecular flexibility index (Phi) is 5.13. The van der Waals surface area contributed by atoms with Crippen LogP contribution in [-0.2, 0) is 5.41 Å². The first-order valence-corrected chi connectivity index (χ1v) is 13.8. The predicted molar refractivity (Wildman–Crippen MR) is 166 cm³/mol. The Bertz CT molecular complexity index is 2090. The van der Waals surface area contributed by atoms with Gasteiger partial charge in [-0.05, 0) is 47.5 Å². The first kappa shape index (κ1) is 23.6. The quantitative estimate of drug-likeness (QED) is 0.227. The number of hydrogen-bond donors (Lipinski definition) is 0. The number of rotatable bonds is 4. The van der Waals surface area contributed by atoms with E-state index in [1.807, 2.05) is 48.8 Å². The third kappa shape index (κ3) is 3.83. The van der Waals surface area contributed by atoms with E-state index in [1.165, 1.54) is 11.1 Å². The summed E-state index contributed by atoms with van der Waals surface area (Å²) in [5.41, 5.74) is 9.58. The summed E-state index contributed by atoms with van der Waals surface area (Å²) in [5.74, 6) is 0. The molecular weight excluding hydrogens is 504 g/mol. The van der Waals surface area contributed by atoms with E-state index in [0.29, 0.717) is 0 Å². The fourth-order valence-electron chi connectivity index (χ4n) is 5.88. The maximum absolute atomic E-state index is 5.99. The highest BCUT2D eigenvalue weighted by atomic mass is 16.3. The predicted octanol–water partition coefficient (Wildman–Crippen LogP) is 9.94. The number of pyridine rings is 2. The second-order valence-electron chi connectivity index (χ2n) is 11.1. The number of aromatic nitrogens is 2. The summed E-state index contributed by atoms with van der Waals surface area (Å²) < 4.78 is 12.0. The Hall–Kier alpha value is -5.22. The van der Waals surface area contributed by atoms with Crippen LogP contribution in [0.3, 0.4) is 0 Å². The molecule has 0 spiro atoms. The molecule has 4 aromatic heterocycles. The largest absolute Gasteiger partial charge is 0.454 e. The van der Waals surface area contributed by atoms with E-state index in [1.54, 1.807) is 0 Å². The van der Waals surface area contributed by atoms with Crippen molar-refractivity contribution in [2.45, 2.75) is 19.3 Å². The molecule has 0 atom stereocenters. The van der Waals surface area contributed by atoms with Crippen LogP contribution in [0.4, 0.5) is 0 Å². The van der Waals surface area contributed by atoms with Crippen molar-refractivity contribution in [3.8, 4) is 22.5 Å². The lowest BCUT2D eigenvalue weighted by atomic mass is 9.77. The second-order valence-corrected chi connectivity index (χ2v) is 11.1. The van der Waals surface area contributed by atoms with Crippen LogP contribution in [0.5, 0.6) is 0 Å². The molecule has 8 rings (SSSR count). The number of para-hydroxylation sites is 2. The van der Waals surface area contributed by atoms with Crippen molar-refractivity contribution in [1.29, 1.82) is 0 Å². The summed E-state index contributed by atoms with van der Waals surface area (Å²) in [6.07, 6.45) is 3.66. The van der Waals surface area contributed by atoms with Crippen LogP contribution >= 0.6 is 0 Å². The molecule has 196 valence electrons. The van der Waals surface area contributed by atoms with Gasteiger partial charge in [0.2, 0.25) is 0 Å². The smallest absolute Gasteiger partial charge is 0.153 e. The molecule has 8 aromatic rings. The van der Waals surface area contributed by atoms with Crippen LogP contribution in [0.1, 0.15) is 25.0 Å². The molecule has 0 aliphatic heterocycles. The highest BCUT2D eigenvalue weighted by Gasteiger charge is 2.24. The second kappa shape index (κ2) is 8.90. The molecule has 0 aliphatic carbocycles. The van der Waals surface area contributed by atoms with E-state index in [0.717, 1.165) is 66.4 Å². The molecule has 0 fully saturated rings. The van der Waals surface area contributed by atoms with Gasteiger partial charge in [0.15, 0.2) is 11.2 Å². The molecule has 0 amide bonds. The van der Waals surface area contributed by atoms with Gasteiger partial charge < -0.3 is 8.83 Å². The molecule has 4 heterocycles. The lowest BCUT2D eigenvalue weighted by Crippen LogP contribution is -2.19. The monoisotopic (exact) mass is 530 g/mol. The van der Waals surface area contributed by atoms with Crippen molar-refractivity contribution < 1.29 is 8.83 Å². The minimum atomic E-state index is -0.245. The maximum atomic E-state index is 5.99. The van der Waals surface area contributed by atoms with E-state index in [4.69, 9.17) is 18.8 Å². The van der Waals surface area contributed by atoms with Gasteiger partial charge in [0.05, 0.1) is 23.8 Å². The summed E-state index contributed by atoms with van der Waals surface area (Å²) in [7, 11) is 0. The minimum absolute atomic E-state index is 0.245. The summed E-state index contributed by atoms with van der Waals surface area (Å²) in [6.45, 7) is 4.54. The van der Waals surface area contributed by atoms with Crippen LogP contribution in [0, 0.1) is 0 Å². The van der Waals surface area contributed by atoms with E-state index in [9.17, 15) is 0 Å². The summed E-state index contributed by atoms with van der Waals surface area (Å²) in [6, 6.07) is 37.9. The number of fused-ring (bicyclic) bond motifs is 6. The number of benzene rings is 4. The fourth-order valence-corrected chi connectivity index (χ4v) is 5.88. The molecule has 0 saturated heterocycles. The van der Waals surface area contributed by atoms with Crippen molar-refractivity contribution in [3.05, 3.63) is 133 Å². The molecule has 0 N–H and O–H groups in total. The first-order chi connectivity index (χ1) is 20.0. The highest BCUT2D eigenvalue weighted by Crippen LogP contribution is 2.37. The molecular formula is C37H26N2O2. The van der Waals surface area contributed by atoms with Crippen LogP contribution in [0.25, 0.3) is 66.4 Å². The Labute approximate surface area is 236 Å². The third-order valence-electron chi connectivity index (χ3n) is 8.29. The minimum Gasteiger partial charge on any atom is -0.454 e. The van der Waals surface area contributed by atoms with Crippen LogP contribution in [0.2, 0.25) is 0 Å². The molecule has 41 heavy (non-hydrogen) atoms. The highest BCUT2D eigenvalue weighted by molar-refractivity contribution is 6.06. The number of nitrogens with zero attached hydrogens (tertiary/aromatic N) is 2. The normalized spacial score (nSPS) is 12.1. The van der Waals surface area contributed by atoms with Crippen LogP contribution in [-0.4, -0.2) is 9.97 Å². The van der Waals surface area contributed by atoms with Crippen molar-refractivity contribution in [2.75, 3.05) is 0 Å². The lowest BCUT2D eigenvalue weighted by Gasteiger charge is -2.27. The Morgan fingerprint density at radius 1 is 0.463 bits per heavy atom. The molecule has 0 saturated carbocycles. The van der Waals surface area contributed by atoms with E-state index in [2.05, 4.69) is 86.6 Å². The molecule has 0 unspecified atom stereocenters. The first-order valence-electron chi connectivity index (χ1n) is 13.8. The third-order valence-corrected chi connectivity index (χ3v) is 8.29. The van der Waals surface area contributed by atoms with Gasteiger partial charge in [-0.15, -0.1) is 0 Å². The average Bonchev–Trinajstić information content (AvgIpc) is 3.59. The van der Waals surface area contributed by atoms with E-state index < -0.39 is 0 Å². The van der Waals surface area contributed by atoms with Gasteiger partial charge in [-0.2, -0.15) is 0 Å². The number of hydrogen-bond acceptors (Lipinski definition) is 4. The molecule has 4 heteroatoms. The van der Waals surface area contributed by atoms with Gasteiger partial charge in [0.1, 0.15) is 11.2 Å². The summed E-state index contributed by atoms with van der Waals surface area (Å²) >= 11 is 0.